The van der Waals surface area contributed by atoms with E-state index in [1.807, 2.05) is 48.5 Å². The molecule has 26 heavy (non-hydrogen) atoms. The maximum Gasteiger partial charge on any atom is 0.209 e. The first kappa shape index (κ1) is 19.1. The minimum atomic E-state index is 0.0489. The van der Waals surface area contributed by atoms with Crippen molar-refractivity contribution < 1.29 is 4.79 Å². The lowest BCUT2D eigenvalue weighted by Crippen LogP contribution is -2.02. The summed E-state index contributed by atoms with van der Waals surface area (Å²) in [6.07, 6.45) is 1.78. The van der Waals surface area contributed by atoms with Crippen molar-refractivity contribution >= 4 is 49.4 Å². The summed E-state index contributed by atoms with van der Waals surface area (Å²) < 4.78 is 3.75. The van der Waals surface area contributed by atoms with E-state index < -0.39 is 0 Å². The Morgan fingerprint density at radius 1 is 1.08 bits per heavy atom. The molecule has 0 radical (unpaired) electrons. The van der Waals surface area contributed by atoms with Gasteiger partial charge in [0, 0.05) is 20.1 Å². The van der Waals surface area contributed by atoms with Crippen molar-refractivity contribution in [1.82, 2.24) is 14.8 Å². The Labute approximate surface area is 173 Å². The van der Waals surface area contributed by atoms with E-state index in [9.17, 15) is 4.79 Å². The molecule has 0 aliphatic carbocycles. The Hall–Kier alpha value is -1.70. The summed E-state index contributed by atoms with van der Waals surface area (Å²) in [5, 5.41) is 5.08. The molecule has 0 atom stereocenters. The molecule has 3 rings (SSSR count). The standard InChI is InChI=1S/C19H15Br2N3OS/c1-2-11-24-18(14-5-9-16(21)10-6-14)22-19(23-24)26-12-17(25)13-3-7-15(20)8-4-13/h2-10H,1,11-12H2. The molecule has 1 aromatic heterocycles. The Balaban J connectivity index is 1.76. The molecular weight excluding hydrogens is 478 g/mol. The number of benzene rings is 2. The molecule has 0 aliphatic heterocycles. The van der Waals surface area contributed by atoms with E-state index in [1.54, 1.807) is 10.8 Å². The molecule has 0 unspecified atom stereocenters. The fraction of sp³-hybridized carbons (Fsp3) is 0.105. The fourth-order valence-electron chi connectivity index (χ4n) is 2.29. The van der Waals surface area contributed by atoms with Crippen LogP contribution in [0.4, 0.5) is 0 Å². The van der Waals surface area contributed by atoms with E-state index >= 15 is 0 Å². The number of carbonyl (C=O) groups is 1. The SMILES string of the molecule is C=CCn1nc(SCC(=O)c2ccc(Br)cc2)nc1-c1ccc(Br)cc1. The Kier molecular flexibility index (Phi) is 6.45. The van der Waals surface area contributed by atoms with Crippen LogP contribution in [0.15, 0.2) is 75.3 Å². The summed E-state index contributed by atoms with van der Waals surface area (Å²) >= 11 is 8.15. The zero-order chi connectivity index (χ0) is 18.5. The van der Waals surface area contributed by atoms with Crippen LogP contribution in [0, 0.1) is 0 Å². The van der Waals surface area contributed by atoms with Gasteiger partial charge in [-0.05, 0) is 24.3 Å². The van der Waals surface area contributed by atoms with Crippen LogP contribution in [0.5, 0.6) is 0 Å². The molecule has 0 aliphatic rings. The lowest BCUT2D eigenvalue weighted by molar-refractivity contribution is 0.102. The maximum atomic E-state index is 12.3. The molecule has 2 aromatic carbocycles. The van der Waals surface area contributed by atoms with Gasteiger partial charge in [-0.3, -0.25) is 4.79 Å². The third-order valence-electron chi connectivity index (χ3n) is 3.56. The summed E-state index contributed by atoms with van der Waals surface area (Å²) in [7, 11) is 0. The maximum absolute atomic E-state index is 12.3. The number of halogens is 2. The molecule has 0 N–H and O–H groups in total. The summed E-state index contributed by atoms with van der Waals surface area (Å²) in [4.78, 5) is 16.9. The van der Waals surface area contributed by atoms with Gasteiger partial charge in [0.1, 0.15) is 0 Å². The molecular formula is C19H15Br2N3OS. The summed E-state index contributed by atoms with van der Waals surface area (Å²) in [6.45, 7) is 4.33. The van der Waals surface area contributed by atoms with Crippen molar-refractivity contribution in [3.05, 3.63) is 75.7 Å². The van der Waals surface area contributed by atoms with Crippen LogP contribution in [0.1, 0.15) is 10.4 Å². The number of Topliss-reactive ketones (excluding diaryl/α,β-unsaturated/α-hetero) is 1. The smallest absolute Gasteiger partial charge is 0.209 e. The van der Waals surface area contributed by atoms with Crippen molar-refractivity contribution in [3.63, 3.8) is 0 Å². The molecule has 1 heterocycles. The van der Waals surface area contributed by atoms with E-state index in [2.05, 4.69) is 48.5 Å². The van der Waals surface area contributed by atoms with Crippen molar-refractivity contribution in [2.75, 3.05) is 5.75 Å². The molecule has 0 saturated carbocycles. The monoisotopic (exact) mass is 491 g/mol. The van der Waals surface area contributed by atoms with E-state index in [0.29, 0.717) is 23.0 Å². The number of nitrogens with zero attached hydrogens (tertiary/aromatic N) is 3. The van der Waals surface area contributed by atoms with Gasteiger partial charge in [0.2, 0.25) is 5.16 Å². The zero-order valence-corrected chi connectivity index (χ0v) is 17.7. The highest BCUT2D eigenvalue weighted by Crippen LogP contribution is 2.24. The number of rotatable bonds is 7. The van der Waals surface area contributed by atoms with Crippen LogP contribution in [0.3, 0.4) is 0 Å². The van der Waals surface area contributed by atoms with Gasteiger partial charge >= 0.3 is 0 Å². The fourth-order valence-corrected chi connectivity index (χ4v) is 3.56. The topological polar surface area (TPSA) is 47.8 Å². The Morgan fingerprint density at radius 2 is 1.69 bits per heavy atom. The van der Waals surface area contributed by atoms with Crippen molar-refractivity contribution in [2.24, 2.45) is 0 Å². The van der Waals surface area contributed by atoms with Gasteiger partial charge in [-0.15, -0.1) is 11.7 Å². The van der Waals surface area contributed by atoms with Gasteiger partial charge in [-0.2, -0.15) is 0 Å². The van der Waals surface area contributed by atoms with Gasteiger partial charge in [0.15, 0.2) is 11.6 Å². The second kappa shape index (κ2) is 8.79. The first-order chi connectivity index (χ1) is 12.6. The second-order valence-electron chi connectivity index (χ2n) is 5.41. The van der Waals surface area contributed by atoms with Crippen LogP contribution in [0.2, 0.25) is 0 Å². The zero-order valence-electron chi connectivity index (χ0n) is 13.7. The van der Waals surface area contributed by atoms with Gasteiger partial charge in [-0.25, -0.2) is 9.67 Å². The molecule has 7 heteroatoms. The van der Waals surface area contributed by atoms with Crippen LogP contribution in [-0.4, -0.2) is 26.3 Å². The molecule has 0 spiro atoms. The van der Waals surface area contributed by atoms with Gasteiger partial charge in [0.05, 0.1) is 12.3 Å². The number of thioether (sulfide) groups is 1. The van der Waals surface area contributed by atoms with E-state index in [1.165, 1.54) is 11.8 Å². The summed E-state index contributed by atoms with van der Waals surface area (Å²) in [6, 6.07) is 15.2. The van der Waals surface area contributed by atoms with Crippen LogP contribution in [-0.2, 0) is 6.54 Å². The second-order valence-corrected chi connectivity index (χ2v) is 8.19. The minimum absolute atomic E-state index is 0.0489. The summed E-state index contributed by atoms with van der Waals surface area (Å²) in [5.74, 6) is 1.10. The average molecular weight is 493 g/mol. The van der Waals surface area contributed by atoms with E-state index in [4.69, 9.17) is 0 Å². The lowest BCUT2D eigenvalue weighted by atomic mass is 10.2. The highest BCUT2D eigenvalue weighted by atomic mass is 79.9. The van der Waals surface area contributed by atoms with Crippen LogP contribution in [0.25, 0.3) is 11.4 Å². The first-order valence-electron chi connectivity index (χ1n) is 7.80. The summed E-state index contributed by atoms with van der Waals surface area (Å²) in [5.41, 5.74) is 1.65. The third-order valence-corrected chi connectivity index (χ3v) is 5.45. The highest BCUT2D eigenvalue weighted by Gasteiger charge is 2.14. The van der Waals surface area contributed by atoms with Crippen molar-refractivity contribution in [3.8, 4) is 11.4 Å². The normalized spacial score (nSPS) is 10.7. The van der Waals surface area contributed by atoms with Crippen molar-refractivity contribution in [2.45, 2.75) is 11.7 Å². The van der Waals surface area contributed by atoms with E-state index in [0.717, 1.165) is 20.3 Å². The Morgan fingerprint density at radius 3 is 2.31 bits per heavy atom. The number of hydrogen-bond donors (Lipinski definition) is 0. The molecule has 4 nitrogen and oxygen atoms in total. The number of ketones is 1. The van der Waals surface area contributed by atoms with Crippen molar-refractivity contribution in [1.29, 1.82) is 0 Å². The number of carbonyl (C=O) groups excluding carboxylic acids is 1. The largest absolute Gasteiger partial charge is 0.293 e. The van der Waals surface area contributed by atoms with Gasteiger partial charge in [-0.1, -0.05) is 74.0 Å². The predicted molar refractivity (Wildman–Crippen MR) is 113 cm³/mol. The molecule has 132 valence electrons. The number of aromatic nitrogens is 3. The molecule has 0 fully saturated rings. The third kappa shape index (κ3) is 4.72. The lowest BCUT2D eigenvalue weighted by Gasteiger charge is -2.02. The molecule has 0 saturated heterocycles. The van der Waals surface area contributed by atoms with Gasteiger partial charge in [0.25, 0.3) is 0 Å². The first-order valence-corrected chi connectivity index (χ1v) is 10.4. The molecule has 0 bridgehead atoms. The average Bonchev–Trinajstić information content (AvgIpc) is 3.04. The minimum Gasteiger partial charge on any atom is -0.293 e. The van der Waals surface area contributed by atoms with Crippen LogP contribution >= 0.6 is 43.6 Å². The highest BCUT2D eigenvalue weighted by molar-refractivity contribution is 9.10. The van der Waals surface area contributed by atoms with E-state index in [-0.39, 0.29) is 5.78 Å². The molecule has 3 aromatic rings. The van der Waals surface area contributed by atoms with Crippen LogP contribution < -0.4 is 0 Å². The van der Waals surface area contributed by atoms with Gasteiger partial charge < -0.3 is 0 Å². The predicted octanol–water partition coefficient (Wildman–Crippen LogP) is 5.63. The number of allylic oxidation sites excluding steroid dienone is 1. The Bertz CT molecular complexity index is 921. The quantitative estimate of drug-likeness (QED) is 0.243. The number of hydrogen-bond acceptors (Lipinski definition) is 4. The molecule has 0 amide bonds.